The van der Waals surface area contributed by atoms with E-state index >= 15 is 0 Å². The van der Waals surface area contributed by atoms with E-state index in [-0.39, 0.29) is 5.54 Å². The first-order chi connectivity index (χ1) is 7.76. The molecule has 1 aliphatic rings. The summed E-state index contributed by atoms with van der Waals surface area (Å²) in [6, 6.07) is 2.51. The van der Waals surface area contributed by atoms with Crippen LogP contribution in [0.15, 0.2) is 0 Å². The summed E-state index contributed by atoms with van der Waals surface area (Å²) in [5.74, 6) is 1.26. The van der Waals surface area contributed by atoms with Crippen LogP contribution in [0, 0.1) is 11.3 Å². The first-order valence-corrected chi connectivity index (χ1v) is 7.59. The van der Waals surface area contributed by atoms with Gasteiger partial charge in [0, 0.05) is 5.25 Å². The summed E-state index contributed by atoms with van der Waals surface area (Å²) in [5.41, 5.74) is -0.208. The van der Waals surface area contributed by atoms with Crippen LogP contribution in [0.25, 0.3) is 0 Å². The van der Waals surface area contributed by atoms with E-state index in [2.05, 4.69) is 37.0 Å². The highest BCUT2D eigenvalue weighted by Crippen LogP contribution is 2.37. The minimum absolute atomic E-state index is 0.208. The molecule has 0 saturated heterocycles. The molecule has 0 radical (unpaired) electrons. The van der Waals surface area contributed by atoms with Gasteiger partial charge in [-0.15, -0.1) is 0 Å². The van der Waals surface area contributed by atoms with Crippen molar-refractivity contribution in [1.29, 1.82) is 5.26 Å². The van der Waals surface area contributed by atoms with Crippen molar-refractivity contribution in [3.63, 3.8) is 0 Å². The Morgan fingerprint density at radius 1 is 1.44 bits per heavy atom. The highest BCUT2D eigenvalue weighted by molar-refractivity contribution is 7.99. The van der Waals surface area contributed by atoms with Crippen LogP contribution in [0.4, 0.5) is 0 Å². The fourth-order valence-electron chi connectivity index (χ4n) is 2.20. The lowest BCUT2D eigenvalue weighted by atomic mass is 10.00. The van der Waals surface area contributed by atoms with E-state index in [4.69, 9.17) is 0 Å². The molecule has 0 heterocycles. The van der Waals surface area contributed by atoms with Gasteiger partial charge < -0.3 is 0 Å². The zero-order valence-corrected chi connectivity index (χ0v) is 11.4. The summed E-state index contributed by atoms with van der Waals surface area (Å²) in [6.45, 7) is 5.36. The van der Waals surface area contributed by atoms with Crippen molar-refractivity contribution >= 4 is 11.8 Å². The summed E-state index contributed by atoms with van der Waals surface area (Å²) in [7, 11) is 0. The van der Waals surface area contributed by atoms with Crippen molar-refractivity contribution in [3.8, 4) is 6.07 Å². The Morgan fingerprint density at radius 2 is 2.25 bits per heavy atom. The van der Waals surface area contributed by atoms with Gasteiger partial charge in [0.05, 0.1) is 6.07 Å². The Morgan fingerprint density at radius 3 is 2.88 bits per heavy atom. The molecule has 92 valence electrons. The third-order valence-electron chi connectivity index (χ3n) is 3.25. The molecule has 0 aromatic carbocycles. The van der Waals surface area contributed by atoms with Gasteiger partial charge in [0.1, 0.15) is 5.54 Å². The van der Waals surface area contributed by atoms with Crippen LogP contribution in [0.3, 0.4) is 0 Å². The van der Waals surface area contributed by atoms with Gasteiger partial charge in [-0.3, -0.25) is 5.32 Å². The average Bonchev–Trinajstić information content (AvgIpc) is 2.71. The van der Waals surface area contributed by atoms with Crippen molar-refractivity contribution in [2.45, 2.75) is 63.2 Å². The van der Waals surface area contributed by atoms with Gasteiger partial charge in [-0.05, 0) is 44.4 Å². The summed E-state index contributed by atoms with van der Waals surface area (Å²) >= 11 is 2.07. The number of nitriles is 1. The predicted molar refractivity (Wildman–Crippen MR) is 71.6 cm³/mol. The molecule has 0 amide bonds. The highest BCUT2D eigenvalue weighted by Gasteiger charge is 2.38. The first-order valence-electron chi connectivity index (χ1n) is 6.54. The van der Waals surface area contributed by atoms with Crippen molar-refractivity contribution in [2.24, 2.45) is 0 Å². The van der Waals surface area contributed by atoms with Gasteiger partial charge in [0.25, 0.3) is 0 Å². The molecule has 2 unspecified atom stereocenters. The van der Waals surface area contributed by atoms with E-state index in [1.165, 1.54) is 25.0 Å². The van der Waals surface area contributed by atoms with E-state index in [0.29, 0.717) is 5.25 Å². The Labute approximate surface area is 104 Å². The minimum Gasteiger partial charge on any atom is -0.299 e. The highest BCUT2D eigenvalue weighted by atomic mass is 32.2. The topological polar surface area (TPSA) is 35.8 Å². The molecule has 0 spiro atoms. The normalized spacial score (nSPS) is 29.2. The molecule has 1 rings (SSSR count). The van der Waals surface area contributed by atoms with Gasteiger partial charge in [-0.1, -0.05) is 20.3 Å². The van der Waals surface area contributed by atoms with Gasteiger partial charge in [0.2, 0.25) is 0 Å². The monoisotopic (exact) mass is 240 g/mol. The van der Waals surface area contributed by atoms with Gasteiger partial charge in [-0.25, -0.2) is 0 Å². The van der Waals surface area contributed by atoms with Crippen molar-refractivity contribution in [3.05, 3.63) is 0 Å². The number of hydrogen-bond donors (Lipinski definition) is 1. The smallest absolute Gasteiger partial charge is 0.107 e. The lowest BCUT2D eigenvalue weighted by molar-refractivity contribution is 0.424. The molecule has 1 fully saturated rings. The van der Waals surface area contributed by atoms with E-state index in [1.807, 2.05) is 0 Å². The zero-order chi connectivity index (χ0) is 11.9. The molecule has 1 N–H and O–H groups in total. The second-order valence-corrected chi connectivity index (χ2v) is 6.12. The second kappa shape index (κ2) is 7.19. The molecule has 2 nitrogen and oxygen atoms in total. The quantitative estimate of drug-likeness (QED) is 0.693. The van der Waals surface area contributed by atoms with E-state index < -0.39 is 0 Å². The number of hydrogen-bond acceptors (Lipinski definition) is 3. The number of unbranched alkanes of at least 4 members (excludes halogenated alkanes) is 1. The predicted octanol–water partition coefficient (Wildman–Crippen LogP) is 3.33. The number of nitrogens with zero attached hydrogens (tertiary/aromatic N) is 1. The molecule has 3 heteroatoms. The van der Waals surface area contributed by atoms with Gasteiger partial charge in [0.15, 0.2) is 0 Å². The average molecular weight is 240 g/mol. The molecule has 0 aromatic rings. The summed E-state index contributed by atoms with van der Waals surface area (Å²) in [6.07, 6.45) is 6.97. The van der Waals surface area contributed by atoms with Crippen LogP contribution >= 0.6 is 11.8 Å². The van der Waals surface area contributed by atoms with Crippen LogP contribution in [-0.2, 0) is 0 Å². The summed E-state index contributed by atoms with van der Waals surface area (Å²) < 4.78 is 0. The standard InChI is InChI=1S/C13H24N2S/c1-3-5-9-16-12-6-7-13(10-12,11-14)15-8-4-2/h12,15H,3-10H2,1-2H3. The van der Waals surface area contributed by atoms with Crippen molar-refractivity contribution in [2.75, 3.05) is 12.3 Å². The SMILES string of the molecule is CCCCSC1CCC(C#N)(NCCC)C1. The number of rotatable bonds is 7. The van der Waals surface area contributed by atoms with Crippen LogP contribution < -0.4 is 5.32 Å². The first kappa shape index (κ1) is 13.9. The van der Waals surface area contributed by atoms with E-state index in [9.17, 15) is 5.26 Å². The van der Waals surface area contributed by atoms with Crippen LogP contribution in [-0.4, -0.2) is 23.1 Å². The molecule has 16 heavy (non-hydrogen) atoms. The number of nitrogens with one attached hydrogen (secondary N) is 1. The third kappa shape index (κ3) is 3.99. The largest absolute Gasteiger partial charge is 0.299 e. The molecule has 1 aliphatic carbocycles. The lowest BCUT2D eigenvalue weighted by Crippen LogP contribution is -2.42. The van der Waals surface area contributed by atoms with Crippen LogP contribution in [0.2, 0.25) is 0 Å². The molecule has 0 aromatic heterocycles. The van der Waals surface area contributed by atoms with Gasteiger partial charge >= 0.3 is 0 Å². The molecular weight excluding hydrogens is 216 g/mol. The zero-order valence-electron chi connectivity index (χ0n) is 10.6. The fourth-order valence-corrected chi connectivity index (χ4v) is 3.68. The fraction of sp³-hybridized carbons (Fsp3) is 0.923. The van der Waals surface area contributed by atoms with E-state index in [0.717, 1.165) is 25.8 Å². The maximum Gasteiger partial charge on any atom is 0.107 e. The maximum absolute atomic E-state index is 9.31. The molecular formula is C13H24N2S. The van der Waals surface area contributed by atoms with E-state index in [1.54, 1.807) is 0 Å². The Bertz CT molecular complexity index is 237. The second-order valence-electron chi connectivity index (χ2n) is 4.71. The number of thioether (sulfide) groups is 1. The molecule has 0 aliphatic heterocycles. The summed E-state index contributed by atoms with van der Waals surface area (Å²) in [5, 5.41) is 13.5. The third-order valence-corrected chi connectivity index (χ3v) is 4.65. The van der Waals surface area contributed by atoms with Crippen LogP contribution in [0.5, 0.6) is 0 Å². The Balaban J connectivity index is 2.33. The van der Waals surface area contributed by atoms with Crippen molar-refractivity contribution in [1.82, 2.24) is 5.32 Å². The maximum atomic E-state index is 9.31. The Kier molecular flexibility index (Phi) is 6.23. The van der Waals surface area contributed by atoms with Crippen molar-refractivity contribution < 1.29 is 0 Å². The lowest BCUT2D eigenvalue weighted by Gasteiger charge is -2.22. The molecule has 0 bridgehead atoms. The molecule has 1 saturated carbocycles. The van der Waals surface area contributed by atoms with Crippen LogP contribution in [0.1, 0.15) is 52.4 Å². The minimum atomic E-state index is -0.208. The van der Waals surface area contributed by atoms with Gasteiger partial charge in [-0.2, -0.15) is 17.0 Å². The Hall–Kier alpha value is -0.200. The summed E-state index contributed by atoms with van der Waals surface area (Å²) in [4.78, 5) is 0. The molecule has 2 atom stereocenters.